The van der Waals surface area contributed by atoms with Gasteiger partial charge in [-0.1, -0.05) is 0 Å². The van der Waals surface area contributed by atoms with E-state index in [1.165, 1.54) is 17.2 Å². The average Bonchev–Trinajstić information content (AvgIpc) is 3.08. The van der Waals surface area contributed by atoms with Crippen LogP contribution < -0.4 is 5.73 Å². The van der Waals surface area contributed by atoms with Crippen LogP contribution in [0.3, 0.4) is 0 Å². The van der Waals surface area contributed by atoms with Gasteiger partial charge in [-0.2, -0.15) is 0 Å². The van der Waals surface area contributed by atoms with Gasteiger partial charge in [0, 0.05) is 6.42 Å². The minimum Gasteiger partial charge on any atom is -0.387 e. The molecule has 1 aliphatic heterocycles. The maximum absolute atomic E-state index is 10.2. The van der Waals surface area contributed by atoms with Crippen LogP contribution in [0, 0.1) is 0 Å². The smallest absolute Gasteiger partial charge is 0.167 e. The van der Waals surface area contributed by atoms with Gasteiger partial charge < -0.3 is 35.6 Å². The van der Waals surface area contributed by atoms with Crippen molar-refractivity contribution in [3.8, 4) is 0 Å². The SMILES string of the molecule is Nc1ncnc2c1ncn2[C@@H]1O[C@H](COCCC(O)O)[C@@H](O)[C@H]1O. The van der Waals surface area contributed by atoms with Gasteiger partial charge in [-0.3, -0.25) is 4.57 Å². The van der Waals surface area contributed by atoms with Crippen molar-refractivity contribution in [3.63, 3.8) is 0 Å². The minimum atomic E-state index is -1.46. The number of nitrogens with two attached hydrogens (primary N) is 1. The maximum atomic E-state index is 10.2. The number of imidazole rings is 1. The van der Waals surface area contributed by atoms with Gasteiger partial charge in [-0.15, -0.1) is 0 Å². The zero-order chi connectivity index (χ0) is 17.3. The third kappa shape index (κ3) is 3.17. The molecule has 0 radical (unpaired) electrons. The molecule has 11 nitrogen and oxygen atoms in total. The molecule has 132 valence electrons. The molecule has 2 aromatic rings. The van der Waals surface area contributed by atoms with E-state index in [0.29, 0.717) is 11.2 Å². The van der Waals surface area contributed by atoms with Crippen molar-refractivity contribution in [2.45, 2.75) is 37.3 Å². The van der Waals surface area contributed by atoms with Crippen LogP contribution in [0.5, 0.6) is 0 Å². The van der Waals surface area contributed by atoms with Gasteiger partial charge in [0.2, 0.25) is 0 Å². The molecule has 4 atom stereocenters. The predicted octanol–water partition coefficient (Wildman–Crippen LogP) is -2.25. The predicted molar refractivity (Wildman–Crippen MR) is 79.3 cm³/mol. The van der Waals surface area contributed by atoms with Gasteiger partial charge >= 0.3 is 0 Å². The zero-order valence-corrected chi connectivity index (χ0v) is 12.6. The molecule has 11 heteroatoms. The molecule has 24 heavy (non-hydrogen) atoms. The van der Waals surface area contributed by atoms with Crippen molar-refractivity contribution in [3.05, 3.63) is 12.7 Å². The Morgan fingerprint density at radius 1 is 1.25 bits per heavy atom. The first-order chi connectivity index (χ1) is 11.5. The summed E-state index contributed by atoms with van der Waals surface area (Å²) in [5, 5.41) is 37.9. The summed E-state index contributed by atoms with van der Waals surface area (Å²) in [5.74, 6) is 0.203. The van der Waals surface area contributed by atoms with Gasteiger partial charge in [0.15, 0.2) is 24.0 Å². The van der Waals surface area contributed by atoms with Crippen LogP contribution >= 0.6 is 0 Å². The lowest BCUT2D eigenvalue weighted by Gasteiger charge is -2.16. The molecule has 0 bridgehead atoms. The van der Waals surface area contributed by atoms with Crippen LogP contribution in [0.25, 0.3) is 11.2 Å². The number of hydrogen-bond acceptors (Lipinski definition) is 10. The molecule has 0 spiro atoms. The Bertz CT molecular complexity index is 695. The monoisotopic (exact) mass is 341 g/mol. The van der Waals surface area contributed by atoms with E-state index >= 15 is 0 Å². The highest BCUT2D eigenvalue weighted by atomic mass is 16.6. The molecule has 0 aliphatic carbocycles. The van der Waals surface area contributed by atoms with E-state index in [0.717, 1.165) is 0 Å². The molecule has 3 rings (SSSR count). The molecule has 2 aromatic heterocycles. The molecule has 0 aromatic carbocycles. The van der Waals surface area contributed by atoms with E-state index in [2.05, 4.69) is 15.0 Å². The van der Waals surface area contributed by atoms with Crippen molar-refractivity contribution in [1.82, 2.24) is 19.5 Å². The quantitative estimate of drug-likeness (QED) is 0.285. The highest BCUT2D eigenvalue weighted by molar-refractivity contribution is 5.81. The first-order valence-corrected chi connectivity index (χ1v) is 7.37. The molecule has 1 aliphatic rings. The third-order valence-electron chi connectivity index (χ3n) is 3.80. The van der Waals surface area contributed by atoms with Crippen LogP contribution in [0.1, 0.15) is 12.6 Å². The molecule has 1 fully saturated rings. The second-order valence-electron chi connectivity index (χ2n) is 5.47. The number of fused-ring (bicyclic) bond motifs is 1. The third-order valence-corrected chi connectivity index (χ3v) is 3.80. The molecule has 3 heterocycles. The van der Waals surface area contributed by atoms with Crippen molar-refractivity contribution in [2.24, 2.45) is 0 Å². The van der Waals surface area contributed by atoms with Crippen LogP contribution in [0.4, 0.5) is 5.82 Å². The number of aromatic nitrogens is 4. The Labute approximate surface area is 136 Å². The highest BCUT2D eigenvalue weighted by Gasteiger charge is 2.44. The molecular formula is C13H19N5O6. The van der Waals surface area contributed by atoms with Crippen molar-refractivity contribution < 1.29 is 29.9 Å². The summed E-state index contributed by atoms with van der Waals surface area (Å²) in [6, 6.07) is 0. The number of ether oxygens (including phenoxy) is 2. The van der Waals surface area contributed by atoms with Gasteiger partial charge in [-0.25, -0.2) is 15.0 Å². The number of hydrogen-bond donors (Lipinski definition) is 5. The summed E-state index contributed by atoms with van der Waals surface area (Å²) in [4.78, 5) is 12.0. The van der Waals surface area contributed by atoms with Crippen LogP contribution in [-0.2, 0) is 9.47 Å². The van der Waals surface area contributed by atoms with Gasteiger partial charge in [-0.05, 0) is 0 Å². The summed E-state index contributed by atoms with van der Waals surface area (Å²) in [6.45, 7) is 0.0774. The van der Waals surface area contributed by atoms with E-state index < -0.39 is 30.8 Å². The Kier molecular flexibility index (Phi) is 4.89. The average molecular weight is 341 g/mol. The fourth-order valence-electron chi connectivity index (χ4n) is 2.54. The molecule has 0 saturated carbocycles. The van der Waals surface area contributed by atoms with Crippen molar-refractivity contribution in [1.29, 1.82) is 0 Å². The summed E-state index contributed by atoms with van der Waals surface area (Å²) >= 11 is 0. The van der Waals surface area contributed by atoms with E-state index in [1.54, 1.807) is 0 Å². The van der Waals surface area contributed by atoms with Gasteiger partial charge in [0.1, 0.15) is 30.2 Å². The Balaban J connectivity index is 1.71. The second-order valence-corrected chi connectivity index (χ2v) is 5.47. The summed E-state index contributed by atoms with van der Waals surface area (Å²) in [5.41, 5.74) is 6.48. The van der Waals surface area contributed by atoms with E-state index in [9.17, 15) is 10.2 Å². The van der Waals surface area contributed by atoms with E-state index in [4.69, 9.17) is 25.4 Å². The van der Waals surface area contributed by atoms with Crippen molar-refractivity contribution in [2.75, 3.05) is 18.9 Å². The van der Waals surface area contributed by atoms with E-state index in [1.807, 2.05) is 0 Å². The fraction of sp³-hybridized carbons (Fsp3) is 0.615. The first-order valence-electron chi connectivity index (χ1n) is 7.37. The fourth-order valence-corrected chi connectivity index (χ4v) is 2.54. The maximum Gasteiger partial charge on any atom is 0.167 e. The van der Waals surface area contributed by atoms with Crippen LogP contribution in [0.2, 0.25) is 0 Å². The number of aliphatic hydroxyl groups excluding tert-OH is 3. The number of rotatable bonds is 6. The Hall–Kier alpha value is -1.89. The summed E-state index contributed by atoms with van der Waals surface area (Å²) in [6.07, 6.45) is -2.82. The first kappa shape index (κ1) is 17.0. The number of nitrogen functional groups attached to an aromatic ring is 1. The van der Waals surface area contributed by atoms with E-state index in [-0.39, 0.29) is 25.5 Å². The molecule has 6 N–H and O–H groups in total. The highest BCUT2D eigenvalue weighted by Crippen LogP contribution is 2.32. The van der Waals surface area contributed by atoms with Crippen LogP contribution in [-0.4, -0.2) is 77.8 Å². The number of aliphatic hydroxyl groups is 4. The zero-order valence-electron chi connectivity index (χ0n) is 12.6. The summed E-state index contributed by atoms with van der Waals surface area (Å²) in [7, 11) is 0. The normalized spacial score (nSPS) is 27.4. The standard InChI is InChI=1S/C13H19N5O6/c14-11-8-12(16-4-15-11)18(5-17-8)13-10(22)9(21)6(24-13)3-23-2-1-7(19)20/h4-7,9-10,13,19-22H,1-3H2,(H2,14,15,16)/t6-,9-,10-,13-/m1/s1. The Morgan fingerprint density at radius 3 is 2.79 bits per heavy atom. The summed E-state index contributed by atoms with van der Waals surface area (Å²) < 4.78 is 12.4. The van der Waals surface area contributed by atoms with Crippen molar-refractivity contribution >= 4 is 17.0 Å². The lowest BCUT2D eigenvalue weighted by atomic mass is 10.1. The Morgan fingerprint density at radius 2 is 2.04 bits per heavy atom. The topological polar surface area (TPSA) is 169 Å². The van der Waals surface area contributed by atoms with Crippen LogP contribution in [0.15, 0.2) is 12.7 Å². The molecule has 0 unspecified atom stereocenters. The minimum absolute atomic E-state index is 0.00873. The molecule has 0 amide bonds. The van der Waals surface area contributed by atoms with Gasteiger partial charge in [0.05, 0.1) is 19.5 Å². The number of anilines is 1. The lowest BCUT2D eigenvalue weighted by Crippen LogP contribution is -2.34. The molecular weight excluding hydrogens is 322 g/mol. The van der Waals surface area contributed by atoms with Gasteiger partial charge in [0.25, 0.3) is 0 Å². The molecule has 1 saturated heterocycles. The second kappa shape index (κ2) is 6.93. The number of nitrogens with zero attached hydrogens (tertiary/aromatic N) is 4. The lowest BCUT2D eigenvalue weighted by molar-refractivity contribution is -0.0864. The largest absolute Gasteiger partial charge is 0.387 e.